The van der Waals surface area contributed by atoms with E-state index in [-0.39, 0.29) is 23.9 Å². The van der Waals surface area contributed by atoms with Crippen LogP contribution in [0.15, 0.2) is 29.2 Å². The zero-order chi connectivity index (χ0) is 18.0. The highest BCUT2D eigenvalue weighted by Crippen LogP contribution is 2.21. The lowest BCUT2D eigenvalue weighted by Crippen LogP contribution is -2.50. The van der Waals surface area contributed by atoms with E-state index < -0.39 is 10.0 Å². The molecule has 1 aromatic heterocycles. The van der Waals surface area contributed by atoms with E-state index in [1.807, 2.05) is 0 Å². The normalized spacial score (nSPS) is 16.0. The summed E-state index contributed by atoms with van der Waals surface area (Å²) in [4.78, 5) is 14.8. The minimum Gasteiger partial charge on any atom is -0.497 e. The molecule has 8 nitrogen and oxygen atoms in total. The van der Waals surface area contributed by atoms with Gasteiger partial charge in [0.2, 0.25) is 10.0 Å². The highest BCUT2D eigenvalue weighted by Gasteiger charge is 2.31. The van der Waals surface area contributed by atoms with Crippen molar-refractivity contribution in [1.82, 2.24) is 18.8 Å². The van der Waals surface area contributed by atoms with E-state index in [4.69, 9.17) is 4.74 Å². The topological polar surface area (TPSA) is 92.7 Å². The number of hydrogen-bond donors (Lipinski definition) is 0. The maximum atomic E-state index is 12.7. The first-order chi connectivity index (χ1) is 11.9. The number of rotatable bonds is 4. The van der Waals surface area contributed by atoms with Gasteiger partial charge in [0.15, 0.2) is 0 Å². The molecule has 0 unspecified atom stereocenters. The number of nitrogens with zero attached hydrogens (tertiary/aromatic N) is 4. The monoisotopic (exact) mass is 382 g/mol. The Bertz CT molecular complexity index is 856. The summed E-state index contributed by atoms with van der Waals surface area (Å²) < 4.78 is 35.6. The molecule has 2 heterocycles. The molecule has 0 N–H and O–H groups in total. The summed E-state index contributed by atoms with van der Waals surface area (Å²) >= 11 is 1.06. The standard InChI is InChI=1S/C15H18N4O4S2/c1-11-14(24-17-16-11)15(20)18-7-9-19(10-8-18)25(21,22)13-5-3-12(23-2)4-6-13/h3-6H,7-10H2,1-2H3. The minimum atomic E-state index is -3.58. The Labute approximate surface area is 150 Å². The second kappa shape index (κ2) is 7.06. The van der Waals surface area contributed by atoms with E-state index >= 15 is 0 Å². The first-order valence-electron chi connectivity index (χ1n) is 7.66. The third kappa shape index (κ3) is 3.51. The second-order valence-electron chi connectivity index (χ2n) is 5.56. The van der Waals surface area contributed by atoms with Crippen molar-refractivity contribution in [3.05, 3.63) is 34.8 Å². The molecule has 0 spiro atoms. The molecule has 134 valence electrons. The molecule has 1 saturated heterocycles. The number of aryl methyl sites for hydroxylation is 1. The number of ether oxygens (including phenoxy) is 1. The van der Waals surface area contributed by atoms with Gasteiger partial charge in [0, 0.05) is 26.2 Å². The van der Waals surface area contributed by atoms with Gasteiger partial charge in [-0.05, 0) is 42.7 Å². The van der Waals surface area contributed by atoms with E-state index in [9.17, 15) is 13.2 Å². The van der Waals surface area contributed by atoms with Crippen LogP contribution in [0.3, 0.4) is 0 Å². The van der Waals surface area contributed by atoms with Crippen LogP contribution in [-0.4, -0.2) is 66.4 Å². The Morgan fingerprint density at radius 2 is 1.80 bits per heavy atom. The fourth-order valence-corrected chi connectivity index (χ4v) is 4.65. The van der Waals surface area contributed by atoms with Crippen molar-refractivity contribution in [2.75, 3.05) is 33.3 Å². The van der Waals surface area contributed by atoms with Gasteiger partial charge < -0.3 is 9.64 Å². The fourth-order valence-electron chi connectivity index (χ4n) is 2.60. The van der Waals surface area contributed by atoms with Crippen molar-refractivity contribution < 1.29 is 17.9 Å². The molecule has 2 aromatic rings. The summed E-state index contributed by atoms with van der Waals surface area (Å²) in [5.41, 5.74) is 0.600. The Balaban J connectivity index is 1.68. The van der Waals surface area contributed by atoms with E-state index in [0.717, 1.165) is 11.5 Å². The average Bonchev–Trinajstić information content (AvgIpc) is 3.07. The number of hydrogen-bond acceptors (Lipinski definition) is 7. The molecule has 1 aromatic carbocycles. The number of carbonyl (C=O) groups is 1. The van der Waals surface area contributed by atoms with Crippen LogP contribution in [0.1, 0.15) is 15.4 Å². The van der Waals surface area contributed by atoms with Crippen LogP contribution in [0, 0.1) is 6.92 Å². The average molecular weight is 382 g/mol. The molecule has 0 atom stereocenters. The van der Waals surface area contributed by atoms with Crippen LogP contribution in [-0.2, 0) is 10.0 Å². The van der Waals surface area contributed by atoms with E-state index in [0.29, 0.717) is 29.4 Å². The largest absolute Gasteiger partial charge is 0.497 e. The molecule has 0 bridgehead atoms. The lowest BCUT2D eigenvalue weighted by Gasteiger charge is -2.33. The fraction of sp³-hybridized carbons (Fsp3) is 0.400. The van der Waals surface area contributed by atoms with Crippen molar-refractivity contribution in [2.24, 2.45) is 0 Å². The summed E-state index contributed by atoms with van der Waals surface area (Å²) in [6.07, 6.45) is 0. The zero-order valence-electron chi connectivity index (χ0n) is 13.9. The number of methoxy groups -OCH3 is 1. The zero-order valence-corrected chi connectivity index (χ0v) is 15.5. The quantitative estimate of drug-likeness (QED) is 0.783. The smallest absolute Gasteiger partial charge is 0.267 e. The van der Waals surface area contributed by atoms with Gasteiger partial charge in [-0.2, -0.15) is 4.31 Å². The Hall–Kier alpha value is -2.04. The summed E-state index contributed by atoms with van der Waals surface area (Å²) in [5, 5.41) is 3.84. The molecule has 1 fully saturated rings. The predicted octanol–water partition coefficient (Wildman–Crippen LogP) is 1.00. The van der Waals surface area contributed by atoms with Crippen molar-refractivity contribution in [2.45, 2.75) is 11.8 Å². The molecule has 0 saturated carbocycles. The second-order valence-corrected chi connectivity index (χ2v) is 8.25. The summed E-state index contributed by atoms with van der Waals surface area (Å²) in [6, 6.07) is 6.29. The van der Waals surface area contributed by atoms with Gasteiger partial charge in [0.05, 0.1) is 17.7 Å². The summed E-state index contributed by atoms with van der Waals surface area (Å²) in [7, 11) is -2.05. The van der Waals surface area contributed by atoms with Gasteiger partial charge >= 0.3 is 0 Å². The molecule has 10 heteroatoms. The maximum Gasteiger partial charge on any atom is 0.267 e. The Morgan fingerprint density at radius 1 is 1.16 bits per heavy atom. The molecule has 1 amide bonds. The summed E-state index contributed by atoms with van der Waals surface area (Å²) in [5.74, 6) is 0.455. The lowest BCUT2D eigenvalue weighted by molar-refractivity contribution is 0.0702. The van der Waals surface area contributed by atoms with Crippen LogP contribution < -0.4 is 4.74 Å². The SMILES string of the molecule is COc1ccc(S(=O)(=O)N2CCN(C(=O)c3snnc3C)CC2)cc1. The predicted molar refractivity (Wildman–Crippen MR) is 92.3 cm³/mol. The van der Waals surface area contributed by atoms with Gasteiger partial charge in [-0.3, -0.25) is 4.79 Å². The number of benzene rings is 1. The molecular weight excluding hydrogens is 364 g/mol. The van der Waals surface area contributed by atoms with Crippen LogP contribution >= 0.6 is 11.5 Å². The van der Waals surface area contributed by atoms with Gasteiger partial charge in [0.1, 0.15) is 10.6 Å². The molecule has 0 aliphatic carbocycles. The molecule has 25 heavy (non-hydrogen) atoms. The molecular formula is C15H18N4O4S2. The van der Waals surface area contributed by atoms with Crippen molar-refractivity contribution in [3.63, 3.8) is 0 Å². The minimum absolute atomic E-state index is 0.144. The number of sulfonamides is 1. The van der Waals surface area contributed by atoms with Gasteiger partial charge in [-0.1, -0.05) is 4.49 Å². The van der Waals surface area contributed by atoms with E-state index in [1.165, 1.54) is 23.5 Å². The van der Waals surface area contributed by atoms with E-state index in [2.05, 4.69) is 9.59 Å². The number of aromatic nitrogens is 2. The third-order valence-electron chi connectivity index (χ3n) is 4.07. The van der Waals surface area contributed by atoms with Crippen molar-refractivity contribution in [1.29, 1.82) is 0 Å². The van der Waals surface area contributed by atoms with Gasteiger partial charge in [0.25, 0.3) is 5.91 Å². The van der Waals surface area contributed by atoms with Crippen molar-refractivity contribution in [3.8, 4) is 5.75 Å². The van der Waals surface area contributed by atoms with Gasteiger partial charge in [-0.15, -0.1) is 5.10 Å². The van der Waals surface area contributed by atoms with Crippen LogP contribution in [0.25, 0.3) is 0 Å². The molecule has 1 aliphatic heterocycles. The van der Waals surface area contributed by atoms with Crippen LogP contribution in [0.2, 0.25) is 0 Å². The highest BCUT2D eigenvalue weighted by atomic mass is 32.2. The molecule has 3 rings (SSSR count). The highest BCUT2D eigenvalue weighted by molar-refractivity contribution is 7.89. The number of piperazine rings is 1. The third-order valence-corrected chi connectivity index (χ3v) is 6.80. The van der Waals surface area contributed by atoms with Crippen LogP contribution in [0.5, 0.6) is 5.75 Å². The number of carbonyl (C=O) groups excluding carboxylic acids is 1. The Morgan fingerprint density at radius 3 is 2.32 bits per heavy atom. The molecule has 1 aliphatic rings. The molecule has 0 radical (unpaired) electrons. The Kier molecular flexibility index (Phi) is 5.02. The van der Waals surface area contributed by atoms with Crippen molar-refractivity contribution >= 4 is 27.5 Å². The first-order valence-corrected chi connectivity index (χ1v) is 9.87. The van der Waals surface area contributed by atoms with Crippen LogP contribution in [0.4, 0.5) is 0 Å². The first kappa shape index (κ1) is 17.8. The number of amides is 1. The lowest BCUT2D eigenvalue weighted by atomic mass is 10.3. The van der Waals surface area contributed by atoms with E-state index in [1.54, 1.807) is 24.0 Å². The maximum absolute atomic E-state index is 12.7. The van der Waals surface area contributed by atoms with Gasteiger partial charge in [-0.25, -0.2) is 8.42 Å². The summed E-state index contributed by atoms with van der Waals surface area (Å²) in [6.45, 7) is 2.93.